The van der Waals surface area contributed by atoms with Gasteiger partial charge in [-0.05, 0) is 50.2 Å². The van der Waals surface area contributed by atoms with Crippen LogP contribution in [-0.2, 0) is 0 Å². The number of thiophene rings is 1. The zero-order valence-corrected chi connectivity index (χ0v) is 12.9. The zero-order valence-electron chi connectivity index (χ0n) is 12.1. The van der Waals surface area contributed by atoms with E-state index in [1.54, 1.807) is 4.88 Å². The Morgan fingerprint density at radius 1 is 1.32 bits per heavy atom. The predicted octanol–water partition coefficient (Wildman–Crippen LogP) is 3.76. The molecule has 3 rings (SSSR count). The summed E-state index contributed by atoms with van der Waals surface area (Å²) in [6.07, 6.45) is 6.78. The van der Waals surface area contributed by atoms with E-state index in [1.165, 1.54) is 58.3 Å². The minimum absolute atomic E-state index is 0.672. The van der Waals surface area contributed by atoms with Gasteiger partial charge in [0.15, 0.2) is 0 Å². The minimum Gasteiger partial charge on any atom is -0.299 e. The molecule has 0 spiro atoms. The van der Waals surface area contributed by atoms with Crippen LogP contribution in [0.1, 0.15) is 49.9 Å². The summed E-state index contributed by atoms with van der Waals surface area (Å²) in [6, 6.07) is 6.05. The lowest BCUT2D eigenvalue weighted by Crippen LogP contribution is -2.38. The molecular weight excluding hydrogens is 252 g/mol. The van der Waals surface area contributed by atoms with Crippen LogP contribution in [0, 0.1) is 0 Å². The Hall–Kier alpha value is -0.380. The van der Waals surface area contributed by atoms with Gasteiger partial charge in [0.2, 0.25) is 0 Å². The van der Waals surface area contributed by atoms with Crippen molar-refractivity contribution in [2.75, 3.05) is 26.2 Å². The third kappa shape index (κ3) is 3.04. The Kier molecular flexibility index (Phi) is 4.57. The molecule has 3 heteroatoms. The molecule has 0 saturated carbocycles. The third-order valence-electron chi connectivity index (χ3n) is 4.71. The van der Waals surface area contributed by atoms with E-state index >= 15 is 0 Å². The second-order valence-electron chi connectivity index (χ2n) is 6.00. The van der Waals surface area contributed by atoms with Gasteiger partial charge in [-0.1, -0.05) is 19.4 Å². The summed E-state index contributed by atoms with van der Waals surface area (Å²) in [5.74, 6) is 0. The van der Waals surface area contributed by atoms with Crippen molar-refractivity contribution < 1.29 is 0 Å². The normalized spacial score (nSPS) is 27.1. The number of hydrogen-bond acceptors (Lipinski definition) is 3. The SMILES string of the molecule is CCCC(c1cccs1)N1CCCN2CCCC2C1. The van der Waals surface area contributed by atoms with Crippen LogP contribution < -0.4 is 0 Å². The van der Waals surface area contributed by atoms with Crippen molar-refractivity contribution in [3.63, 3.8) is 0 Å². The monoisotopic (exact) mass is 278 g/mol. The minimum atomic E-state index is 0.672. The van der Waals surface area contributed by atoms with Crippen molar-refractivity contribution in [2.45, 2.75) is 51.1 Å². The standard InChI is InChI=1S/C16H26N2S/c1-2-6-15(16-8-4-12-19-16)18-11-5-10-17-9-3-7-14(17)13-18/h4,8,12,14-15H,2-3,5-7,9-11,13H2,1H3. The van der Waals surface area contributed by atoms with E-state index in [9.17, 15) is 0 Å². The van der Waals surface area contributed by atoms with E-state index < -0.39 is 0 Å². The molecule has 0 N–H and O–H groups in total. The van der Waals surface area contributed by atoms with E-state index in [2.05, 4.69) is 34.2 Å². The van der Waals surface area contributed by atoms with E-state index in [4.69, 9.17) is 0 Å². The van der Waals surface area contributed by atoms with Gasteiger partial charge in [0.1, 0.15) is 0 Å². The maximum absolute atomic E-state index is 2.78. The van der Waals surface area contributed by atoms with E-state index in [0.717, 1.165) is 6.04 Å². The Bertz CT molecular complexity index is 376. The molecule has 0 radical (unpaired) electrons. The molecule has 2 aliphatic rings. The summed E-state index contributed by atoms with van der Waals surface area (Å²) in [5.41, 5.74) is 0. The van der Waals surface area contributed by atoms with Gasteiger partial charge in [0, 0.05) is 30.1 Å². The van der Waals surface area contributed by atoms with Crippen LogP contribution >= 0.6 is 11.3 Å². The van der Waals surface area contributed by atoms with Crippen molar-refractivity contribution in [2.24, 2.45) is 0 Å². The van der Waals surface area contributed by atoms with Crippen LogP contribution in [0.25, 0.3) is 0 Å². The summed E-state index contributed by atoms with van der Waals surface area (Å²) in [4.78, 5) is 7.09. The van der Waals surface area contributed by atoms with Gasteiger partial charge in [0.25, 0.3) is 0 Å². The summed E-state index contributed by atoms with van der Waals surface area (Å²) >= 11 is 1.94. The molecule has 0 aromatic carbocycles. The second-order valence-corrected chi connectivity index (χ2v) is 6.98. The second kappa shape index (κ2) is 6.38. The van der Waals surface area contributed by atoms with Crippen molar-refractivity contribution in [3.8, 4) is 0 Å². The largest absolute Gasteiger partial charge is 0.299 e. The summed E-state index contributed by atoms with van der Waals surface area (Å²) in [6.45, 7) is 7.57. The highest BCUT2D eigenvalue weighted by atomic mass is 32.1. The Labute approximate surface area is 121 Å². The van der Waals surface area contributed by atoms with Crippen LogP contribution in [-0.4, -0.2) is 42.0 Å². The van der Waals surface area contributed by atoms with Crippen LogP contribution in [0.2, 0.25) is 0 Å². The van der Waals surface area contributed by atoms with Gasteiger partial charge in [-0.2, -0.15) is 0 Å². The van der Waals surface area contributed by atoms with Gasteiger partial charge in [0.05, 0.1) is 0 Å². The van der Waals surface area contributed by atoms with Gasteiger partial charge >= 0.3 is 0 Å². The van der Waals surface area contributed by atoms with Crippen molar-refractivity contribution in [1.29, 1.82) is 0 Å². The molecule has 2 fully saturated rings. The molecule has 2 aliphatic heterocycles. The number of nitrogens with zero attached hydrogens (tertiary/aromatic N) is 2. The lowest BCUT2D eigenvalue weighted by molar-refractivity contribution is 0.167. The lowest BCUT2D eigenvalue weighted by atomic mass is 10.1. The molecule has 106 valence electrons. The van der Waals surface area contributed by atoms with Gasteiger partial charge in [-0.3, -0.25) is 9.80 Å². The summed E-state index contributed by atoms with van der Waals surface area (Å²) < 4.78 is 0. The van der Waals surface area contributed by atoms with E-state index in [1.807, 2.05) is 11.3 Å². The summed E-state index contributed by atoms with van der Waals surface area (Å²) in [5, 5.41) is 2.23. The van der Waals surface area contributed by atoms with Crippen LogP contribution in [0.5, 0.6) is 0 Å². The smallest absolute Gasteiger partial charge is 0.0442 e. The molecule has 2 nitrogen and oxygen atoms in total. The highest BCUT2D eigenvalue weighted by molar-refractivity contribution is 7.10. The maximum Gasteiger partial charge on any atom is 0.0442 e. The Balaban J connectivity index is 1.74. The number of hydrogen-bond donors (Lipinski definition) is 0. The first kappa shape index (κ1) is 13.6. The first-order valence-electron chi connectivity index (χ1n) is 7.90. The van der Waals surface area contributed by atoms with Gasteiger partial charge in [-0.25, -0.2) is 0 Å². The van der Waals surface area contributed by atoms with E-state index in [-0.39, 0.29) is 0 Å². The molecule has 0 aliphatic carbocycles. The van der Waals surface area contributed by atoms with Crippen molar-refractivity contribution >= 4 is 11.3 Å². The molecule has 2 saturated heterocycles. The molecule has 0 bridgehead atoms. The Morgan fingerprint density at radius 2 is 2.21 bits per heavy atom. The fraction of sp³-hybridized carbons (Fsp3) is 0.750. The van der Waals surface area contributed by atoms with Crippen LogP contribution in [0.15, 0.2) is 17.5 Å². The molecule has 2 atom stereocenters. The molecule has 1 aromatic heterocycles. The first-order chi connectivity index (χ1) is 9.38. The average Bonchev–Trinajstić information content (AvgIpc) is 3.04. The van der Waals surface area contributed by atoms with Crippen molar-refractivity contribution in [3.05, 3.63) is 22.4 Å². The summed E-state index contributed by atoms with van der Waals surface area (Å²) in [7, 11) is 0. The fourth-order valence-electron chi connectivity index (χ4n) is 3.78. The number of rotatable bonds is 4. The Morgan fingerprint density at radius 3 is 3.00 bits per heavy atom. The quantitative estimate of drug-likeness (QED) is 0.827. The lowest BCUT2D eigenvalue weighted by Gasteiger charge is -2.32. The third-order valence-corrected chi connectivity index (χ3v) is 5.68. The highest BCUT2D eigenvalue weighted by Gasteiger charge is 2.31. The van der Waals surface area contributed by atoms with Crippen LogP contribution in [0.4, 0.5) is 0 Å². The molecule has 2 unspecified atom stereocenters. The fourth-order valence-corrected chi connectivity index (χ4v) is 4.67. The predicted molar refractivity (Wildman–Crippen MR) is 82.8 cm³/mol. The van der Waals surface area contributed by atoms with Crippen molar-refractivity contribution in [1.82, 2.24) is 9.80 Å². The van der Waals surface area contributed by atoms with Gasteiger partial charge in [-0.15, -0.1) is 11.3 Å². The number of fused-ring (bicyclic) bond motifs is 1. The van der Waals surface area contributed by atoms with Gasteiger partial charge < -0.3 is 0 Å². The maximum atomic E-state index is 2.78. The first-order valence-corrected chi connectivity index (χ1v) is 8.78. The molecule has 19 heavy (non-hydrogen) atoms. The average molecular weight is 278 g/mol. The highest BCUT2D eigenvalue weighted by Crippen LogP contribution is 2.32. The molecule has 0 amide bonds. The molecule has 3 heterocycles. The molecular formula is C16H26N2S. The van der Waals surface area contributed by atoms with E-state index in [0.29, 0.717) is 6.04 Å². The van der Waals surface area contributed by atoms with Crippen LogP contribution in [0.3, 0.4) is 0 Å². The zero-order chi connectivity index (χ0) is 13.1. The molecule has 1 aromatic rings. The topological polar surface area (TPSA) is 6.48 Å².